The van der Waals surface area contributed by atoms with E-state index in [-0.39, 0.29) is 11.9 Å². The highest BCUT2D eigenvalue weighted by atomic mass is 35.5. The first kappa shape index (κ1) is 16.0. The molecule has 0 bridgehead atoms. The monoisotopic (exact) mass is 329 g/mol. The number of amides is 1. The van der Waals surface area contributed by atoms with E-state index in [0.717, 1.165) is 42.2 Å². The van der Waals surface area contributed by atoms with Gasteiger partial charge in [0.2, 0.25) is 5.91 Å². The third kappa shape index (κ3) is 4.53. The Balaban J connectivity index is 1.47. The molecule has 2 aromatic rings. The molecule has 1 aliphatic heterocycles. The summed E-state index contributed by atoms with van der Waals surface area (Å²) in [5.74, 6) is 0.218. The molecule has 4 nitrogen and oxygen atoms in total. The number of halogens is 1. The molecule has 23 heavy (non-hydrogen) atoms. The Hall–Kier alpha value is -1.91. The summed E-state index contributed by atoms with van der Waals surface area (Å²) < 4.78 is 0. The normalized spacial score (nSPS) is 17.7. The number of hydrogen-bond donors (Lipinski definition) is 1. The Morgan fingerprint density at radius 1 is 1.26 bits per heavy atom. The molecule has 1 fully saturated rings. The van der Waals surface area contributed by atoms with Crippen LogP contribution < -0.4 is 5.32 Å². The van der Waals surface area contributed by atoms with Crippen molar-refractivity contribution >= 4 is 17.5 Å². The molecule has 2 heterocycles. The van der Waals surface area contributed by atoms with Gasteiger partial charge in [0.05, 0.1) is 0 Å². The Kier molecular flexibility index (Phi) is 5.26. The van der Waals surface area contributed by atoms with Crippen LogP contribution in [0.3, 0.4) is 0 Å². The van der Waals surface area contributed by atoms with Gasteiger partial charge in [0.15, 0.2) is 0 Å². The van der Waals surface area contributed by atoms with Gasteiger partial charge in [-0.05, 0) is 35.7 Å². The van der Waals surface area contributed by atoms with Crippen LogP contribution in [0.15, 0.2) is 48.8 Å². The molecule has 1 aromatic heterocycles. The average Bonchev–Trinajstić information content (AvgIpc) is 2.92. The molecule has 1 atom stereocenters. The fourth-order valence-corrected chi connectivity index (χ4v) is 3.06. The van der Waals surface area contributed by atoms with Crippen LogP contribution in [0, 0.1) is 0 Å². The van der Waals surface area contributed by atoms with Crippen LogP contribution >= 0.6 is 11.6 Å². The molecule has 1 saturated heterocycles. The predicted molar refractivity (Wildman–Crippen MR) is 91.2 cm³/mol. The van der Waals surface area contributed by atoms with E-state index < -0.39 is 0 Å². The summed E-state index contributed by atoms with van der Waals surface area (Å²) in [4.78, 5) is 18.2. The summed E-state index contributed by atoms with van der Waals surface area (Å²) in [6.07, 6.45) is 5.01. The molecular weight excluding hydrogens is 310 g/mol. The minimum atomic E-state index is 0.210. The largest absolute Gasteiger partial charge is 0.341 e. The molecule has 0 spiro atoms. The van der Waals surface area contributed by atoms with Crippen LogP contribution in [0.4, 0.5) is 0 Å². The second-order valence-corrected chi connectivity index (χ2v) is 6.30. The Labute approximate surface area is 141 Å². The highest BCUT2D eigenvalue weighted by Gasteiger charge is 2.28. The molecule has 1 N–H and O–H groups in total. The van der Waals surface area contributed by atoms with Gasteiger partial charge in [0.1, 0.15) is 0 Å². The lowest BCUT2D eigenvalue weighted by molar-refractivity contribution is -0.127. The number of pyridine rings is 1. The first-order valence-electron chi connectivity index (χ1n) is 7.85. The number of likely N-dealkylation sites (tertiary alicyclic amines) is 1. The van der Waals surface area contributed by atoms with Gasteiger partial charge < -0.3 is 10.2 Å². The van der Waals surface area contributed by atoms with Crippen LogP contribution in [0.25, 0.3) is 0 Å². The molecule has 0 aliphatic carbocycles. The quantitative estimate of drug-likeness (QED) is 0.886. The highest BCUT2D eigenvalue weighted by Crippen LogP contribution is 2.15. The Morgan fingerprint density at radius 3 is 2.91 bits per heavy atom. The van der Waals surface area contributed by atoms with Gasteiger partial charge in [-0.3, -0.25) is 9.78 Å². The number of benzene rings is 1. The summed E-state index contributed by atoms with van der Waals surface area (Å²) in [6.45, 7) is 2.25. The minimum absolute atomic E-state index is 0.210. The number of rotatable bonds is 6. The predicted octanol–water partition coefficient (Wildman–Crippen LogP) is 2.67. The van der Waals surface area contributed by atoms with E-state index >= 15 is 0 Å². The zero-order chi connectivity index (χ0) is 16.1. The van der Waals surface area contributed by atoms with Gasteiger partial charge in [0.25, 0.3) is 0 Å². The van der Waals surface area contributed by atoms with Crippen LogP contribution in [0.5, 0.6) is 0 Å². The van der Waals surface area contributed by atoms with E-state index in [9.17, 15) is 4.79 Å². The van der Waals surface area contributed by atoms with Gasteiger partial charge in [-0.15, -0.1) is 0 Å². The van der Waals surface area contributed by atoms with Crippen molar-refractivity contribution < 1.29 is 4.79 Å². The number of carbonyl (C=O) groups excluding carboxylic acids is 1. The molecule has 5 heteroatoms. The molecular formula is C18H20ClN3O. The molecule has 0 unspecified atom stereocenters. The van der Waals surface area contributed by atoms with Crippen LogP contribution in [0.2, 0.25) is 5.02 Å². The van der Waals surface area contributed by atoms with Crippen molar-refractivity contribution in [2.75, 3.05) is 13.1 Å². The highest BCUT2D eigenvalue weighted by molar-refractivity contribution is 6.30. The fourth-order valence-electron chi connectivity index (χ4n) is 2.85. The van der Waals surface area contributed by atoms with E-state index in [4.69, 9.17) is 11.6 Å². The Morgan fingerprint density at radius 2 is 2.13 bits per heavy atom. The number of aromatic nitrogens is 1. The van der Waals surface area contributed by atoms with Gasteiger partial charge in [-0.1, -0.05) is 29.8 Å². The van der Waals surface area contributed by atoms with Gasteiger partial charge in [0, 0.05) is 49.5 Å². The van der Waals surface area contributed by atoms with Crippen molar-refractivity contribution in [1.29, 1.82) is 0 Å². The maximum Gasteiger partial charge on any atom is 0.224 e. The van der Waals surface area contributed by atoms with E-state index in [1.807, 2.05) is 47.5 Å². The van der Waals surface area contributed by atoms with E-state index in [2.05, 4.69) is 10.3 Å². The zero-order valence-corrected chi connectivity index (χ0v) is 13.7. The third-order valence-electron chi connectivity index (χ3n) is 4.09. The molecule has 1 aromatic carbocycles. The summed E-state index contributed by atoms with van der Waals surface area (Å²) in [7, 11) is 0. The number of carbonyl (C=O) groups is 1. The fraction of sp³-hybridized carbons (Fsp3) is 0.333. The van der Waals surface area contributed by atoms with Crippen LogP contribution in [-0.4, -0.2) is 34.9 Å². The molecule has 1 amide bonds. The number of hydrogen-bond acceptors (Lipinski definition) is 3. The van der Waals surface area contributed by atoms with E-state index in [0.29, 0.717) is 6.42 Å². The second kappa shape index (κ2) is 7.57. The summed E-state index contributed by atoms with van der Waals surface area (Å²) >= 11 is 6.00. The molecule has 3 rings (SSSR count). The first-order valence-corrected chi connectivity index (χ1v) is 8.23. The SMILES string of the molecule is O=C1C[C@H](NCc2cccnc2)CN1CCc1cccc(Cl)c1. The average molecular weight is 330 g/mol. The lowest BCUT2D eigenvalue weighted by Gasteiger charge is -2.17. The minimum Gasteiger partial charge on any atom is -0.341 e. The maximum absolute atomic E-state index is 12.1. The third-order valence-corrected chi connectivity index (χ3v) is 4.33. The van der Waals surface area contributed by atoms with Crippen molar-refractivity contribution in [3.63, 3.8) is 0 Å². The van der Waals surface area contributed by atoms with Gasteiger partial charge >= 0.3 is 0 Å². The standard InChI is InChI=1S/C18H20ClN3O/c19-16-5-1-3-14(9-16)6-8-22-13-17(10-18(22)23)21-12-15-4-2-7-20-11-15/h1-5,7,9,11,17,21H,6,8,10,12-13H2/t17-/m0/s1. The maximum atomic E-state index is 12.1. The Bertz CT molecular complexity index is 662. The topological polar surface area (TPSA) is 45.2 Å². The lowest BCUT2D eigenvalue weighted by atomic mass is 10.1. The van der Waals surface area contributed by atoms with Crippen molar-refractivity contribution in [3.8, 4) is 0 Å². The van der Waals surface area contributed by atoms with Crippen molar-refractivity contribution in [2.24, 2.45) is 0 Å². The molecule has 0 radical (unpaired) electrons. The molecule has 120 valence electrons. The smallest absolute Gasteiger partial charge is 0.224 e. The van der Waals surface area contributed by atoms with Gasteiger partial charge in [-0.25, -0.2) is 0 Å². The van der Waals surface area contributed by atoms with E-state index in [1.165, 1.54) is 0 Å². The van der Waals surface area contributed by atoms with E-state index in [1.54, 1.807) is 6.20 Å². The van der Waals surface area contributed by atoms with Crippen LogP contribution in [-0.2, 0) is 17.8 Å². The van der Waals surface area contributed by atoms with Crippen LogP contribution in [0.1, 0.15) is 17.5 Å². The van der Waals surface area contributed by atoms with Gasteiger partial charge in [-0.2, -0.15) is 0 Å². The second-order valence-electron chi connectivity index (χ2n) is 5.86. The number of nitrogens with one attached hydrogen (secondary N) is 1. The summed E-state index contributed by atoms with van der Waals surface area (Å²) in [5, 5.41) is 4.18. The summed E-state index contributed by atoms with van der Waals surface area (Å²) in [5.41, 5.74) is 2.30. The lowest BCUT2D eigenvalue weighted by Crippen LogP contribution is -2.33. The molecule has 1 aliphatic rings. The summed E-state index contributed by atoms with van der Waals surface area (Å²) in [6, 6.07) is 12.0. The first-order chi connectivity index (χ1) is 11.2. The van der Waals surface area contributed by atoms with Crippen molar-refractivity contribution in [1.82, 2.24) is 15.2 Å². The zero-order valence-electron chi connectivity index (χ0n) is 12.9. The van der Waals surface area contributed by atoms with Crippen molar-refractivity contribution in [3.05, 3.63) is 64.9 Å². The number of nitrogens with zero attached hydrogens (tertiary/aromatic N) is 2. The van der Waals surface area contributed by atoms with Crippen molar-refractivity contribution in [2.45, 2.75) is 25.4 Å². The molecule has 0 saturated carbocycles.